The van der Waals surface area contributed by atoms with Gasteiger partial charge in [0, 0.05) is 17.5 Å². The summed E-state index contributed by atoms with van der Waals surface area (Å²) in [6.07, 6.45) is 1.80. The summed E-state index contributed by atoms with van der Waals surface area (Å²) in [7, 11) is 1.65. The minimum atomic E-state index is 0.0519. The molecule has 1 aromatic heterocycles. The minimum absolute atomic E-state index is 0.0519. The summed E-state index contributed by atoms with van der Waals surface area (Å²) in [5.74, 6) is 1.60. The molecule has 94 valence electrons. The maximum Gasteiger partial charge on any atom is 0.263 e. The lowest BCUT2D eigenvalue weighted by molar-refractivity contribution is 0.414. The van der Waals surface area contributed by atoms with Gasteiger partial charge < -0.3 is 4.74 Å². The first kappa shape index (κ1) is 12.8. The van der Waals surface area contributed by atoms with Crippen molar-refractivity contribution in [3.8, 4) is 5.75 Å². The smallest absolute Gasteiger partial charge is 0.263 e. The largest absolute Gasteiger partial charge is 0.497 e. The Morgan fingerprint density at radius 2 is 1.94 bits per heavy atom. The predicted molar refractivity (Wildman–Crippen MR) is 75.1 cm³/mol. The fourth-order valence-corrected chi connectivity index (χ4v) is 2.44. The summed E-state index contributed by atoms with van der Waals surface area (Å²) < 4.78 is 6.77. The zero-order chi connectivity index (χ0) is 13.0. The molecule has 0 unspecified atom stereocenters. The van der Waals surface area contributed by atoms with Gasteiger partial charge >= 0.3 is 0 Å². The SMILES string of the molecule is COc1ccc(CSn2cccc(C)c2=O)cc1. The van der Waals surface area contributed by atoms with Gasteiger partial charge in [-0.25, -0.2) is 0 Å². The van der Waals surface area contributed by atoms with Gasteiger partial charge in [0.05, 0.1) is 7.11 Å². The van der Waals surface area contributed by atoms with Crippen LogP contribution in [0.3, 0.4) is 0 Å². The summed E-state index contributed by atoms with van der Waals surface area (Å²) >= 11 is 1.49. The monoisotopic (exact) mass is 261 g/mol. The summed E-state index contributed by atoms with van der Waals surface area (Å²) in [6.45, 7) is 1.83. The molecule has 0 aliphatic heterocycles. The summed E-state index contributed by atoms with van der Waals surface area (Å²) in [6, 6.07) is 11.6. The zero-order valence-electron chi connectivity index (χ0n) is 10.4. The standard InChI is InChI=1S/C14H15NO2S/c1-11-4-3-9-15(14(11)16)18-10-12-5-7-13(17-2)8-6-12/h3-9H,10H2,1-2H3. The second kappa shape index (κ2) is 5.78. The molecule has 1 heterocycles. The van der Waals surface area contributed by atoms with Gasteiger partial charge in [-0.2, -0.15) is 0 Å². The van der Waals surface area contributed by atoms with Crippen molar-refractivity contribution < 1.29 is 4.74 Å². The van der Waals surface area contributed by atoms with E-state index < -0.39 is 0 Å². The highest BCUT2D eigenvalue weighted by Gasteiger charge is 2.00. The number of benzene rings is 1. The Balaban J connectivity index is 2.07. The van der Waals surface area contributed by atoms with E-state index in [9.17, 15) is 4.79 Å². The number of hydrogen-bond donors (Lipinski definition) is 0. The van der Waals surface area contributed by atoms with Crippen molar-refractivity contribution in [2.45, 2.75) is 12.7 Å². The Kier molecular flexibility index (Phi) is 4.10. The topological polar surface area (TPSA) is 31.2 Å². The first-order valence-corrected chi connectivity index (χ1v) is 6.59. The van der Waals surface area contributed by atoms with Gasteiger partial charge in [-0.15, -0.1) is 0 Å². The van der Waals surface area contributed by atoms with Gasteiger partial charge in [0.15, 0.2) is 0 Å². The van der Waals surface area contributed by atoms with Crippen molar-refractivity contribution in [1.29, 1.82) is 0 Å². The second-order valence-corrected chi connectivity index (χ2v) is 4.88. The highest BCUT2D eigenvalue weighted by molar-refractivity contribution is 7.97. The average Bonchev–Trinajstić information content (AvgIpc) is 2.41. The van der Waals surface area contributed by atoms with Crippen molar-refractivity contribution in [2.24, 2.45) is 0 Å². The van der Waals surface area contributed by atoms with Crippen LogP contribution in [0.4, 0.5) is 0 Å². The number of ether oxygens (including phenoxy) is 1. The van der Waals surface area contributed by atoms with Crippen LogP contribution in [-0.2, 0) is 5.75 Å². The molecular formula is C14H15NO2S. The van der Waals surface area contributed by atoms with Crippen LogP contribution in [0.5, 0.6) is 5.75 Å². The molecule has 0 fully saturated rings. The maximum atomic E-state index is 11.8. The Bertz CT molecular complexity index is 575. The molecule has 0 spiro atoms. The highest BCUT2D eigenvalue weighted by Crippen LogP contribution is 2.16. The van der Waals surface area contributed by atoms with Crippen LogP contribution in [0.1, 0.15) is 11.1 Å². The molecular weight excluding hydrogens is 246 g/mol. The van der Waals surface area contributed by atoms with Gasteiger partial charge in [-0.3, -0.25) is 8.77 Å². The van der Waals surface area contributed by atoms with E-state index in [0.717, 1.165) is 22.6 Å². The van der Waals surface area contributed by atoms with Gasteiger partial charge in [-0.1, -0.05) is 18.2 Å². The second-order valence-electron chi connectivity index (χ2n) is 3.94. The lowest BCUT2D eigenvalue weighted by Crippen LogP contribution is -2.16. The van der Waals surface area contributed by atoms with E-state index in [0.29, 0.717) is 0 Å². The number of aromatic nitrogens is 1. The third kappa shape index (κ3) is 2.96. The van der Waals surface area contributed by atoms with Crippen LogP contribution >= 0.6 is 11.9 Å². The molecule has 0 N–H and O–H groups in total. The van der Waals surface area contributed by atoms with Crippen LogP contribution in [0.25, 0.3) is 0 Å². The molecule has 0 aliphatic carbocycles. The molecule has 0 radical (unpaired) electrons. The van der Waals surface area contributed by atoms with Crippen molar-refractivity contribution in [2.75, 3.05) is 7.11 Å². The number of pyridine rings is 1. The Morgan fingerprint density at radius 3 is 2.61 bits per heavy atom. The van der Waals surface area contributed by atoms with Crippen LogP contribution in [0.2, 0.25) is 0 Å². The lowest BCUT2D eigenvalue weighted by atomic mass is 10.2. The van der Waals surface area contributed by atoms with E-state index in [1.165, 1.54) is 11.9 Å². The fraction of sp³-hybridized carbons (Fsp3) is 0.214. The molecule has 0 saturated heterocycles. The third-order valence-electron chi connectivity index (χ3n) is 2.63. The molecule has 2 aromatic rings. The van der Waals surface area contributed by atoms with E-state index in [1.807, 2.05) is 43.3 Å². The molecule has 0 amide bonds. The first-order valence-electron chi connectivity index (χ1n) is 5.65. The molecule has 1 aromatic carbocycles. The van der Waals surface area contributed by atoms with Crippen LogP contribution < -0.4 is 10.3 Å². The Morgan fingerprint density at radius 1 is 1.22 bits per heavy atom. The quantitative estimate of drug-likeness (QED) is 0.848. The summed E-state index contributed by atoms with van der Waals surface area (Å²) in [4.78, 5) is 11.8. The van der Waals surface area contributed by atoms with Crippen LogP contribution in [0, 0.1) is 6.92 Å². The molecule has 0 bridgehead atoms. The molecule has 2 rings (SSSR count). The third-order valence-corrected chi connectivity index (χ3v) is 3.66. The van der Waals surface area contributed by atoms with E-state index in [1.54, 1.807) is 17.3 Å². The lowest BCUT2D eigenvalue weighted by Gasteiger charge is -2.06. The van der Waals surface area contributed by atoms with Crippen molar-refractivity contribution in [3.63, 3.8) is 0 Å². The number of rotatable bonds is 4. The zero-order valence-corrected chi connectivity index (χ0v) is 11.2. The first-order chi connectivity index (χ1) is 8.70. The number of hydrogen-bond acceptors (Lipinski definition) is 3. The van der Waals surface area contributed by atoms with Crippen molar-refractivity contribution in [3.05, 3.63) is 64.1 Å². The van der Waals surface area contributed by atoms with E-state index in [-0.39, 0.29) is 5.56 Å². The van der Waals surface area contributed by atoms with Crippen molar-refractivity contribution in [1.82, 2.24) is 3.97 Å². The van der Waals surface area contributed by atoms with Gasteiger partial charge in [0.1, 0.15) is 5.75 Å². The molecule has 4 heteroatoms. The Labute approximate surface area is 111 Å². The van der Waals surface area contributed by atoms with Crippen LogP contribution in [0.15, 0.2) is 47.4 Å². The molecule has 18 heavy (non-hydrogen) atoms. The van der Waals surface area contributed by atoms with Crippen LogP contribution in [-0.4, -0.2) is 11.1 Å². The average molecular weight is 261 g/mol. The molecule has 0 saturated carbocycles. The van der Waals surface area contributed by atoms with Crippen molar-refractivity contribution >= 4 is 11.9 Å². The van der Waals surface area contributed by atoms with Gasteiger partial charge in [0.25, 0.3) is 5.56 Å². The minimum Gasteiger partial charge on any atom is -0.497 e. The summed E-state index contributed by atoms with van der Waals surface area (Å²) in [5.41, 5.74) is 1.98. The normalized spacial score (nSPS) is 10.3. The number of nitrogens with zero attached hydrogens (tertiary/aromatic N) is 1. The van der Waals surface area contributed by atoms with E-state index >= 15 is 0 Å². The molecule has 3 nitrogen and oxygen atoms in total. The fourth-order valence-electron chi connectivity index (χ4n) is 1.55. The predicted octanol–water partition coefficient (Wildman–Crippen LogP) is 2.86. The molecule has 0 atom stereocenters. The van der Waals surface area contributed by atoms with E-state index in [4.69, 9.17) is 4.74 Å². The Hall–Kier alpha value is -1.68. The van der Waals surface area contributed by atoms with Gasteiger partial charge in [-0.05, 0) is 42.6 Å². The summed E-state index contributed by atoms with van der Waals surface area (Å²) in [5, 5.41) is 0. The highest BCUT2D eigenvalue weighted by atomic mass is 32.2. The number of methoxy groups -OCH3 is 1. The van der Waals surface area contributed by atoms with E-state index in [2.05, 4.69) is 0 Å². The number of aryl methyl sites for hydroxylation is 1. The van der Waals surface area contributed by atoms with Gasteiger partial charge in [0.2, 0.25) is 0 Å². The maximum absolute atomic E-state index is 11.8. The molecule has 0 aliphatic rings.